The van der Waals surface area contributed by atoms with Gasteiger partial charge in [-0.15, -0.1) is 0 Å². The SMILES string of the molecule is CC(Oc1cccc(Cl)c1)C(=O)N1CCC(N)C1. The molecular formula is C13H17ClN2O2. The van der Waals surface area contributed by atoms with Crippen molar-refractivity contribution in [1.29, 1.82) is 0 Å². The molecular weight excluding hydrogens is 252 g/mol. The minimum absolute atomic E-state index is 0.0251. The molecule has 0 spiro atoms. The van der Waals surface area contributed by atoms with Gasteiger partial charge in [-0.1, -0.05) is 17.7 Å². The Morgan fingerprint density at radius 2 is 2.39 bits per heavy atom. The van der Waals surface area contributed by atoms with Gasteiger partial charge in [0.05, 0.1) is 0 Å². The van der Waals surface area contributed by atoms with E-state index in [2.05, 4.69) is 0 Å². The lowest BCUT2D eigenvalue weighted by Gasteiger charge is -2.21. The average molecular weight is 269 g/mol. The van der Waals surface area contributed by atoms with E-state index in [1.54, 1.807) is 36.1 Å². The van der Waals surface area contributed by atoms with Gasteiger partial charge in [0.1, 0.15) is 5.75 Å². The molecule has 1 aromatic carbocycles. The molecule has 0 aliphatic carbocycles. The average Bonchev–Trinajstić information content (AvgIpc) is 2.75. The number of halogens is 1. The Hall–Kier alpha value is -1.26. The molecule has 4 nitrogen and oxygen atoms in total. The summed E-state index contributed by atoms with van der Waals surface area (Å²) >= 11 is 5.86. The van der Waals surface area contributed by atoms with Crippen molar-refractivity contribution in [3.8, 4) is 5.75 Å². The number of benzene rings is 1. The van der Waals surface area contributed by atoms with Crippen LogP contribution in [0.25, 0.3) is 0 Å². The first kappa shape index (κ1) is 13.2. The van der Waals surface area contributed by atoms with E-state index in [9.17, 15) is 4.79 Å². The number of hydrogen-bond donors (Lipinski definition) is 1. The zero-order valence-electron chi connectivity index (χ0n) is 10.3. The summed E-state index contributed by atoms with van der Waals surface area (Å²) < 4.78 is 5.59. The van der Waals surface area contributed by atoms with E-state index in [1.165, 1.54) is 0 Å². The second-order valence-electron chi connectivity index (χ2n) is 4.55. The second kappa shape index (κ2) is 5.59. The predicted octanol–water partition coefficient (Wildman–Crippen LogP) is 1.67. The highest BCUT2D eigenvalue weighted by Crippen LogP contribution is 2.19. The van der Waals surface area contributed by atoms with Crippen LogP contribution in [0.2, 0.25) is 5.02 Å². The van der Waals surface area contributed by atoms with Crippen molar-refractivity contribution >= 4 is 17.5 Å². The number of amides is 1. The lowest BCUT2D eigenvalue weighted by molar-refractivity contribution is -0.136. The Bertz CT molecular complexity index is 439. The minimum Gasteiger partial charge on any atom is -0.481 e. The Labute approximate surface area is 112 Å². The number of nitrogens with two attached hydrogens (primary N) is 1. The Balaban J connectivity index is 1.95. The third-order valence-corrected chi connectivity index (χ3v) is 3.23. The van der Waals surface area contributed by atoms with Crippen molar-refractivity contribution in [2.45, 2.75) is 25.5 Å². The van der Waals surface area contributed by atoms with Gasteiger partial charge >= 0.3 is 0 Å². The molecule has 0 saturated carbocycles. The summed E-state index contributed by atoms with van der Waals surface area (Å²) in [5.74, 6) is 0.578. The number of hydrogen-bond acceptors (Lipinski definition) is 3. The Morgan fingerprint density at radius 3 is 3.00 bits per heavy atom. The molecule has 1 aliphatic heterocycles. The fourth-order valence-corrected chi connectivity index (χ4v) is 2.22. The standard InChI is InChI=1S/C13H17ClN2O2/c1-9(13(17)16-6-5-11(15)8-16)18-12-4-2-3-10(14)7-12/h2-4,7,9,11H,5-6,8,15H2,1H3. The van der Waals surface area contributed by atoms with Crippen molar-refractivity contribution in [1.82, 2.24) is 4.90 Å². The number of nitrogens with zero attached hydrogens (tertiary/aromatic N) is 1. The van der Waals surface area contributed by atoms with Crippen LogP contribution >= 0.6 is 11.6 Å². The maximum Gasteiger partial charge on any atom is 0.263 e. The van der Waals surface area contributed by atoms with Gasteiger partial charge in [0.2, 0.25) is 0 Å². The van der Waals surface area contributed by atoms with Gasteiger partial charge in [-0.3, -0.25) is 4.79 Å². The van der Waals surface area contributed by atoms with Crippen LogP contribution in [-0.2, 0) is 4.79 Å². The first-order valence-corrected chi connectivity index (χ1v) is 6.40. The minimum atomic E-state index is -0.520. The van der Waals surface area contributed by atoms with Crippen LogP contribution in [-0.4, -0.2) is 36.0 Å². The summed E-state index contributed by atoms with van der Waals surface area (Å²) in [6.07, 6.45) is 0.337. The van der Waals surface area contributed by atoms with E-state index in [-0.39, 0.29) is 11.9 Å². The molecule has 98 valence electrons. The highest BCUT2D eigenvalue weighted by molar-refractivity contribution is 6.30. The molecule has 1 amide bonds. The maximum absolute atomic E-state index is 12.1. The molecule has 2 atom stereocenters. The zero-order chi connectivity index (χ0) is 13.1. The quantitative estimate of drug-likeness (QED) is 0.907. The fraction of sp³-hybridized carbons (Fsp3) is 0.462. The molecule has 2 rings (SSSR count). The third-order valence-electron chi connectivity index (χ3n) is 2.99. The summed E-state index contributed by atoms with van der Waals surface area (Å²) in [6, 6.07) is 7.13. The van der Waals surface area contributed by atoms with Crippen LogP contribution in [0.15, 0.2) is 24.3 Å². The van der Waals surface area contributed by atoms with Crippen LogP contribution in [0, 0.1) is 0 Å². The third kappa shape index (κ3) is 3.15. The van der Waals surface area contributed by atoms with Crippen LogP contribution in [0.4, 0.5) is 0 Å². The summed E-state index contributed by atoms with van der Waals surface area (Å²) in [6.45, 7) is 3.07. The van der Waals surface area contributed by atoms with Gasteiger partial charge in [0.15, 0.2) is 6.10 Å². The number of rotatable bonds is 3. The molecule has 1 aromatic rings. The number of carbonyl (C=O) groups is 1. The molecule has 2 N–H and O–H groups in total. The summed E-state index contributed by atoms with van der Waals surface area (Å²) in [7, 11) is 0. The molecule has 1 fully saturated rings. The largest absolute Gasteiger partial charge is 0.481 e. The topological polar surface area (TPSA) is 55.6 Å². The van der Waals surface area contributed by atoms with Gasteiger partial charge in [-0.25, -0.2) is 0 Å². The lowest BCUT2D eigenvalue weighted by Crippen LogP contribution is -2.40. The van der Waals surface area contributed by atoms with Crippen LogP contribution in [0.1, 0.15) is 13.3 Å². The molecule has 0 bridgehead atoms. The van der Waals surface area contributed by atoms with Gasteiger partial charge < -0.3 is 15.4 Å². The molecule has 0 aromatic heterocycles. The number of ether oxygens (including phenoxy) is 1. The molecule has 18 heavy (non-hydrogen) atoms. The van der Waals surface area contributed by atoms with E-state index in [0.717, 1.165) is 6.42 Å². The van der Waals surface area contributed by atoms with Crippen molar-refractivity contribution in [3.63, 3.8) is 0 Å². The van der Waals surface area contributed by atoms with Gasteiger partial charge in [-0.05, 0) is 31.5 Å². The van der Waals surface area contributed by atoms with E-state index >= 15 is 0 Å². The van der Waals surface area contributed by atoms with Crippen molar-refractivity contribution < 1.29 is 9.53 Å². The van der Waals surface area contributed by atoms with Crippen LogP contribution in [0.3, 0.4) is 0 Å². The smallest absolute Gasteiger partial charge is 0.263 e. The van der Waals surface area contributed by atoms with E-state index < -0.39 is 6.10 Å². The molecule has 2 unspecified atom stereocenters. The molecule has 1 saturated heterocycles. The van der Waals surface area contributed by atoms with E-state index in [0.29, 0.717) is 23.9 Å². The van der Waals surface area contributed by atoms with Crippen molar-refractivity contribution in [3.05, 3.63) is 29.3 Å². The Kier molecular flexibility index (Phi) is 4.09. The molecule has 1 heterocycles. The predicted molar refractivity (Wildman–Crippen MR) is 70.7 cm³/mol. The highest BCUT2D eigenvalue weighted by Gasteiger charge is 2.28. The fourth-order valence-electron chi connectivity index (χ4n) is 2.04. The zero-order valence-corrected chi connectivity index (χ0v) is 11.1. The summed E-state index contributed by atoms with van der Waals surface area (Å²) in [4.78, 5) is 13.8. The van der Waals surface area contributed by atoms with Gasteiger partial charge in [-0.2, -0.15) is 0 Å². The van der Waals surface area contributed by atoms with Gasteiger partial charge in [0, 0.05) is 24.2 Å². The summed E-state index contributed by atoms with van der Waals surface area (Å²) in [5, 5.41) is 0.593. The second-order valence-corrected chi connectivity index (χ2v) is 4.99. The number of likely N-dealkylation sites (tertiary alicyclic amines) is 1. The maximum atomic E-state index is 12.1. The van der Waals surface area contributed by atoms with E-state index in [4.69, 9.17) is 22.1 Å². The van der Waals surface area contributed by atoms with Crippen LogP contribution in [0.5, 0.6) is 5.75 Å². The first-order chi connectivity index (χ1) is 8.56. The first-order valence-electron chi connectivity index (χ1n) is 6.03. The number of carbonyl (C=O) groups excluding carboxylic acids is 1. The molecule has 1 aliphatic rings. The molecule has 5 heteroatoms. The van der Waals surface area contributed by atoms with Crippen molar-refractivity contribution in [2.75, 3.05) is 13.1 Å². The molecule has 0 radical (unpaired) electrons. The Morgan fingerprint density at radius 1 is 1.61 bits per heavy atom. The lowest BCUT2D eigenvalue weighted by atomic mass is 10.3. The van der Waals surface area contributed by atoms with Crippen LogP contribution < -0.4 is 10.5 Å². The summed E-state index contributed by atoms with van der Waals surface area (Å²) in [5.41, 5.74) is 5.78. The monoisotopic (exact) mass is 268 g/mol. The van der Waals surface area contributed by atoms with Gasteiger partial charge in [0.25, 0.3) is 5.91 Å². The highest BCUT2D eigenvalue weighted by atomic mass is 35.5. The van der Waals surface area contributed by atoms with E-state index in [1.807, 2.05) is 0 Å². The normalized spacial score (nSPS) is 20.8. The van der Waals surface area contributed by atoms with Crippen molar-refractivity contribution in [2.24, 2.45) is 5.73 Å².